The molecule has 3 nitrogen and oxygen atoms in total. The van der Waals surface area contributed by atoms with Crippen molar-refractivity contribution >= 4 is 5.97 Å². The Labute approximate surface area is 111 Å². The van der Waals surface area contributed by atoms with Gasteiger partial charge in [0.1, 0.15) is 6.04 Å². The van der Waals surface area contributed by atoms with Gasteiger partial charge in [0.2, 0.25) is 0 Å². The third-order valence-electron chi connectivity index (χ3n) is 3.75. The minimum Gasteiger partial charge on any atom is -0.480 e. The summed E-state index contributed by atoms with van der Waals surface area (Å²) in [5, 5.41) is 12.2. The third-order valence-corrected chi connectivity index (χ3v) is 3.75. The van der Waals surface area contributed by atoms with Crippen LogP contribution in [0.15, 0.2) is 0 Å². The second-order valence-electron chi connectivity index (χ2n) is 5.58. The lowest BCUT2D eigenvalue weighted by atomic mass is 10.1. The van der Waals surface area contributed by atoms with E-state index >= 15 is 0 Å². The predicted octanol–water partition coefficient (Wildman–Crippen LogP) is 3.58. The molecular formula is C15H29NO2. The summed E-state index contributed by atoms with van der Waals surface area (Å²) < 4.78 is 0. The van der Waals surface area contributed by atoms with Gasteiger partial charge >= 0.3 is 5.97 Å². The molecule has 1 rings (SSSR count). The van der Waals surface area contributed by atoms with E-state index in [0.29, 0.717) is 5.92 Å². The Kier molecular flexibility index (Phi) is 8.06. The lowest BCUT2D eigenvalue weighted by Gasteiger charge is -2.13. The third kappa shape index (κ3) is 7.00. The van der Waals surface area contributed by atoms with Crippen LogP contribution in [0.5, 0.6) is 0 Å². The fourth-order valence-electron chi connectivity index (χ4n) is 2.40. The van der Waals surface area contributed by atoms with E-state index in [1.807, 2.05) is 0 Å². The van der Waals surface area contributed by atoms with Gasteiger partial charge in [0.15, 0.2) is 0 Å². The van der Waals surface area contributed by atoms with E-state index in [4.69, 9.17) is 5.11 Å². The minimum atomic E-state index is -0.669. The van der Waals surface area contributed by atoms with E-state index < -0.39 is 5.97 Å². The van der Waals surface area contributed by atoms with Gasteiger partial charge in [0, 0.05) is 0 Å². The van der Waals surface area contributed by atoms with Crippen molar-refractivity contribution in [2.24, 2.45) is 5.92 Å². The normalized spacial score (nSPS) is 16.7. The van der Waals surface area contributed by atoms with Gasteiger partial charge in [0.25, 0.3) is 0 Å². The summed E-state index contributed by atoms with van der Waals surface area (Å²) in [5.41, 5.74) is 0. The van der Waals surface area contributed by atoms with Crippen molar-refractivity contribution in [3.05, 3.63) is 0 Å². The number of hydrogen-bond acceptors (Lipinski definition) is 2. The van der Waals surface area contributed by atoms with Crippen molar-refractivity contribution < 1.29 is 9.90 Å². The number of carbonyl (C=O) groups is 1. The fraction of sp³-hybridized carbons (Fsp3) is 0.933. The number of unbranched alkanes of at least 4 members (excludes halogenated alkanes) is 7. The molecule has 0 radical (unpaired) electrons. The molecule has 1 atom stereocenters. The van der Waals surface area contributed by atoms with Crippen LogP contribution in [-0.4, -0.2) is 23.7 Å². The molecule has 0 aromatic carbocycles. The number of hydrogen-bond donors (Lipinski definition) is 2. The average molecular weight is 255 g/mol. The summed E-state index contributed by atoms with van der Waals surface area (Å²) in [7, 11) is 0. The van der Waals surface area contributed by atoms with E-state index in [2.05, 4.69) is 12.2 Å². The molecule has 1 aliphatic rings. The first-order valence-electron chi connectivity index (χ1n) is 7.72. The summed E-state index contributed by atoms with van der Waals surface area (Å²) in [4.78, 5) is 11.0. The Balaban J connectivity index is 1.87. The maximum atomic E-state index is 11.0. The van der Waals surface area contributed by atoms with Crippen LogP contribution in [-0.2, 0) is 4.79 Å². The quantitative estimate of drug-likeness (QED) is 0.524. The molecule has 0 amide bonds. The van der Waals surface area contributed by atoms with Gasteiger partial charge in [-0.3, -0.25) is 4.79 Å². The van der Waals surface area contributed by atoms with Crippen LogP contribution in [0.25, 0.3) is 0 Å². The number of carboxylic acids is 1. The van der Waals surface area contributed by atoms with Crippen LogP contribution in [0.2, 0.25) is 0 Å². The lowest BCUT2D eigenvalue weighted by Crippen LogP contribution is -2.39. The Morgan fingerprint density at radius 2 is 1.67 bits per heavy atom. The van der Waals surface area contributed by atoms with E-state index in [1.54, 1.807) is 0 Å². The Morgan fingerprint density at radius 1 is 1.11 bits per heavy atom. The molecule has 2 N–H and O–H groups in total. The van der Waals surface area contributed by atoms with E-state index in [0.717, 1.165) is 25.8 Å². The molecule has 1 saturated carbocycles. The van der Waals surface area contributed by atoms with Gasteiger partial charge in [-0.1, -0.05) is 51.9 Å². The first-order chi connectivity index (χ1) is 8.75. The van der Waals surface area contributed by atoms with Crippen molar-refractivity contribution in [3.63, 3.8) is 0 Å². The largest absolute Gasteiger partial charge is 0.480 e. The molecule has 0 aliphatic heterocycles. The molecule has 0 heterocycles. The molecule has 106 valence electrons. The molecule has 1 aliphatic carbocycles. The molecule has 18 heavy (non-hydrogen) atoms. The molecule has 1 fully saturated rings. The highest BCUT2D eigenvalue weighted by Gasteiger charge is 2.35. The van der Waals surface area contributed by atoms with E-state index in [1.165, 1.54) is 44.9 Å². The van der Waals surface area contributed by atoms with Crippen molar-refractivity contribution in [1.82, 2.24) is 5.32 Å². The zero-order valence-corrected chi connectivity index (χ0v) is 11.8. The number of carboxylic acid groups (broad SMARTS) is 1. The summed E-state index contributed by atoms with van der Waals surface area (Å²) in [6.45, 7) is 3.10. The standard InChI is InChI=1S/C15H29NO2/c1-2-3-4-5-6-7-8-9-12-16-14(15(17)18)13-10-11-13/h13-14,16H,2-12H2,1H3,(H,17,18). The summed E-state index contributed by atoms with van der Waals surface area (Å²) in [6, 6.07) is -0.283. The van der Waals surface area contributed by atoms with Gasteiger partial charge < -0.3 is 10.4 Å². The minimum absolute atomic E-state index is 0.283. The van der Waals surface area contributed by atoms with Crippen molar-refractivity contribution in [1.29, 1.82) is 0 Å². The van der Waals surface area contributed by atoms with Gasteiger partial charge in [-0.15, -0.1) is 0 Å². The highest BCUT2D eigenvalue weighted by molar-refractivity contribution is 5.74. The monoisotopic (exact) mass is 255 g/mol. The SMILES string of the molecule is CCCCCCCCCCNC(C(=O)O)C1CC1. The van der Waals surface area contributed by atoms with Gasteiger partial charge in [-0.05, 0) is 31.7 Å². The van der Waals surface area contributed by atoms with E-state index in [-0.39, 0.29) is 6.04 Å². The molecule has 0 bridgehead atoms. The van der Waals surface area contributed by atoms with Crippen LogP contribution in [0.3, 0.4) is 0 Å². The van der Waals surface area contributed by atoms with Crippen molar-refractivity contribution in [2.45, 2.75) is 77.2 Å². The molecule has 1 unspecified atom stereocenters. The molecule has 0 aromatic heterocycles. The van der Waals surface area contributed by atoms with Crippen LogP contribution in [0.4, 0.5) is 0 Å². The first kappa shape index (κ1) is 15.5. The smallest absolute Gasteiger partial charge is 0.320 e. The average Bonchev–Trinajstić information content (AvgIpc) is 3.15. The number of aliphatic carboxylic acids is 1. The van der Waals surface area contributed by atoms with Gasteiger partial charge in [-0.2, -0.15) is 0 Å². The van der Waals surface area contributed by atoms with E-state index in [9.17, 15) is 4.79 Å². The summed E-state index contributed by atoms with van der Waals surface area (Å²) in [6.07, 6.45) is 12.6. The van der Waals surface area contributed by atoms with Crippen molar-refractivity contribution in [2.75, 3.05) is 6.54 Å². The van der Waals surface area contributed by atoms with Gasteiger partial charge in [-0.25, -0.2) is 0 Å². The summed E-state index contributed by atoms with van der Waals surface area (Å²) >= 11 is 0. The Morgan fingerprint density at radius 3 is 2.17 bits per heavy atom. The predicted molar refractivity (Wildman–Crippen MR) is 74.8 cm³/mol. The topological polar surface area (TPSA) is 49.3 Å². The molecule has 0 spiro atoms. The molecule has 3 heteroatoms. The Hall–Kier alpha value is -0.570. The molecule has 0 saturated heterocycles. The van der Waals surface area contributed by atoms with Crippen LogP contribution < -0.4 is 5.32 Å². The number of rotatable bonds is 12. The maximum Gasteiger partial charge on any atom is 0.320 e. The maximum absolute atomic E-state index is 11.0. The molecular weight excluding hydrogens is 226 g/mol. The highest BCUT2D eigenvalue weighted by Crippen LogP contribution is 2.32. The summed E-state index contributed by atoms with van der Waals surface area (Å²) in [5.74, 6) is -0.270. The van der Waals surface area contributed by atoms with Gasteiger partial charge in [0.05, 0.1) is 0 Å². The fourth-order valence-corrected chi connectivity index (χ4v) is 2.40. The van der Waals surface area contributed by atoms with Crippen molar-refractivity contribution in [3.8, 4) is 0 Å². The zero-order chi connectivity index (χ0) is 13.2. The zero-order valence-electron chi connectivity index (χ0n) is 11.8. The lowest BCUT2D eigenvalue weighted by molar-refractivity contribution is -0.140. The second-order valence-corrected chi connectivity index (χ2v) is 5.58. The highest BCUT2D eigenvalue weighted by atomic mass is 16.4. The van der Waals surface area contributed by atoms with Crippen LogP contribution in [0, 0.1) is 5.92 Å². The Bertz CT molecular complexity index is 227. The first-order valence-corrected chi connectivity index (χ1v) is 7.72. The van der Waals surface area contributed by atoms with Crippen LogP contribution >= 0.6 is 0 Å². The van der Waals surface area contributed by atoms with Crippen LogP contribution in [0.1, 0.15) is 71.1 Å². The number of nitrogens with one attached hydrogen (secondary N) is 1. The second kappa shape index (κ2) is 9.37. The molecule has 0 aromatic rings.